The van der Waals surface area contributed by atoms with Crippen LogP contribution in [0.25, 0.3) is 0 Å². The number of Topliss-reactive ketones (excluding diaryl/α,β-unsaturated/α-hetero) is 1. The van der Waals surface area contributed by atoms with E-state index >= 15 is 0 Å². The van der Waals surface area contributed by atoms with Gasteiger partial charge >= 0.3 is 0 Å². The lowest BCUT2D eigenvalue weighted by molar-refractivity contribution is 0.0996. The first-order chi connectivity index (χ1) is 7.54. The number of benzene rings is 1. The molecule has 0 fully saturated rings. The summed E-state index contributed by atoms with van der Waals surface area (Å²) in [5, 5.41) is 0.598. The Morgan fingerprint density at radius 3 is 2.69 bits per heavy atom. The number of ether oxygens (including phenoxy) is 1. The van der Waals surface area contributed by atoms with Gasteiger partial charge in [0.05, 0.1) is 10.9 Å². The van der Waals surface area contributed by atoms with Crippen LogP contribution >= 0.6 is 31.9 Å². The highest BCUT2D eigenvalue weighted by atomic mass is 79.9. The fraction of sp³-hybridized carbons (Fsp3) is 0.417. The molecule has 0 aliphatic rings. The Bertz CT molecular complexity index is 364. The molecule has 0 N–H and O–H groups in total. The molecule has 0 aromatic heterocycles. The molecular weight excluding hydrogens is 336 g/mol. The van der Waals surface area contributed by atoms with Crippen LogP contribution in [0.5, 0.6) is 5.75 Å². The van der Waals surface area contributed by atoms with E-state index in [1.165, 1.54) is 0 Å². The summed E-state index contributed by atoms with van der Waals surface area (Å²) in [5.41, 5.74) is 0.666. The third-order valence-corrected chi connectivity index (χ3v) is 4.17. The smallest absolute Gasteiger partial charge is 0.177 e. The molecule has 1 aromatic rings. The molecule has 0 bridgehead atoms. The van der Waals surface area contributed by atoms with Crippen LogP contribution in [-0.2, 0) is 0 Å². The van der Waals surface area contributed by atoms with Crippen LogP contribution < -0.4 is 4.74 Å². The Kier molecular flexibility index (Phi) is 5.49. The number of ketones is 1. The van der Waals surface area contributed by atoms with E-state index in [0.29, 0.717) is 10.9 Å². The molecule has 0 aliphatic carbocycles. The molecule has 1 unspecified atom stereocenters. The van der Waals surface area contributed by atoms with Crippen LogP contribution in [-0.4, -0.2) is 22.0 Å². The second kappa shape index (κ2) is 6.40. The highest BCUT2D eigenvalue weighted by Crippen LogP contribution is 2.18. The first kappa shape index (κ1) is 13.7. The summed E-state index contributed by atoms with van der Waals surface area (Å²) in [7, 11) is 0. The molecule has 0 saturated heterocycles. The summed E-state index contributed by atoms with van der Waals surface area (Å²) in [6.45, 7) is 3.92. The standard InChI is InChI=1S/C12H14Br2O2/c1-8(2)16-10-5-3-4-9(6-10)12(15)11(14)7-13/h3-6,8,11H,7H2,1-2H3. The third kappa shape index (κ3) is 3.91. The lowest BCUT2D eigenvalue weighted by Crippen LogP contribution is -2.15. The summed E-state index contributed by atoms with van der Waals surface area (Å²) >= 11 is 6.59. The summed E-state index contributed by atoms with van der Waals surface area (Å²) in [5.74, 6) is 0.793. The zero-order valence-electron chi connectivity index (χ0n) is 9.24. The van der Waals surface area contributed by atoms with Crippen LogP contribution in [0.3, 0.4) is 0 Å². The number of carbonyl (C=O) groups is 1. The van der Waals surface area contributed by atoms with Crippen LogP contribution in [0.1, 0.15) is 24.2 Å². The Balaban J connectivity index is 2.85. The van der Waals surface area contributed by atoms with Crippen molar-refractivity contribution >= 4 is 37.6 Å². The van der Waals surface area contributed by atoms with Crippen LogP contribution in [0, 0.1) is 0 Å². The highest BCUT2D eigenvalue weighted by molar-refractivity contribution is 9.12. The van der Waals surface area contributed by atoms with Crippen LogP contribution in [0.4, 0.5) is 0 Å². The maximum atomic E-state index is 11.9. The molecule has 0 amide bonds. The van der Waals surface area contributed by atoms with Gasteiger partial charge in [-0.15, -0.1) is 0 Å². The Morgan fingerprint density at radius 1 is 1.44 bits per heavy atom. The van der Waals surface area contributed by atoms with Crippen molar-refractivity contribution in [3.05, 3.63) is 29.8 Å². The number of rotatable bonds is 5. The predicted octanol–water partition coefficient (Wildman–Crippen LogP) is 3.81. The van der Waals surface area contributed by atoms with E-state index < -0.39 is 0 Å². The van der Waals surface area contributed by atoms with Gasteiger partial charge in [-0.3, -0.25) is 4.79 Å². The highest BCUT2D eigenvalue weighted by Gasteiger charge is 2.16. The third-order valence-electron chi connectivity index (χ3n) is 1.91. The van der Waals surface area contributed by atoms with Crippen molar-refractivity contribution < 1.29 is 9.53 Å². The van der Waals surface area contributed by atoms with Crippen LogP contribution in [0.15, 0.2) is 24.3 Å². The minimum Gasteiger partial charge on any atom is -0.491 e. The van der Waals surface area contributed by atoms with Crippen molar-refractivity contribution in [3.8, 4) is 5.75 Å². The van der Waals surface area contributed by atoms with Crippen molar-refractivity contribution in [2.75, 3.05) is 5.33 Å². The van der Waals surface area contributed by atoms with Crippen molar-refractivity contribution in [1.29, 1.82) is 0 Å². The normalized spacial score (nSPS) is 12.6. The zero-order valence-corrected chi connectivity index (χ0v) is 12.4. The topological polar surface area (TPSA) is 26.3 Å². The molecular formula is C12H14Br2O2. The van der Waals surface area contributed by atoms with E-state index in [2.05, 4.69) is 31.9 Å². The quantitative estimate of drug-likeness (QED) is 0.596. The lowest BCUT2D eigenvalue weighted by atomic mass is 10.1. The first-order valence-electron chi connectivity index (χ1n) is 5.05. The number of hydrogen-bond acceptors (Lipinski definition) is 2. The van der Waals surface area contributed by atoms with Crippen molar-refractivity contribution in [3.63, 3.8) is 0 Å². The first-order valence-corrected chi connectivity index (χ1v) is 7.09. The van der Waals surface area contributed by atoms with Gasteiger partial charge in [0.2, 0.25) is 0 Å². The van der Waals surface area contributed by atoms with Gasteiger partial charge in [0, 0.05) is 10.9 Å². The minimum atomic E-state index is -0.193. The van der Waals surface area contributed by atoms with Gasteiger partial charge in [0.15, 0.2) is 5.78 Å². The van der Waals surface area contributed by atoms with Crippen LogP contribution in [0.2, 0.25) is 0 Å². The summed E-state index contributed by atoms with van der Waals surface area (Å²) in [6, 6.07) is 7.26. The fourth-order valence-corrected chi connectivity index (χ4v) is 1.80. The van der Waals surface area contributed by atoms with Gasteiger partial charge in [-0.2, -0.15) is 0 Å². The average Bonchev–Trinajstić information content (AvgIpc) is 2.26. The molecule has 0 heterocycles. The predicted molar refractivity (Wildman–Crippen MR) is 73.0 cm³/mol. The summed E-state index contributed by atoms with van der Waals surface area (Å²) < 4.78 is 5.54. The summed E-state index contributed by atoms with van der Waals surface area (Å²) in [6.07, 6.45) is 0.112. The van der Waals surface area contributed by atoms with E-state index in [1.807, 2.05) is 26.0 Å². The molecule has 88 valence electrons. The van der Waals surface area contributed by atoms with Gasteiger partial charge in [-0.25, -0.2) is 0 Å². The molecule has 0 aliphatic heterocycles. The van der Waals surface area contributed by atoms with Crippen molar-refractivity contribution in [2.45, 2.75) is 24.8 Å². The Morgan fingerprint density at radius 2 is 2.12 bits per heavy atom. The SMILES string of the molecule is CC(C)Oc1cccc(C(=O)C(Br)CBr)c1. The number of hydrogen-bond donors (Lipinski definition) is 0. The number of alkyl halides is 2. The molecule has 1 aromatic carbocycles. The molecule has 0 saturated carbocycles. The minimum absolute atomic E-state index is 0.0612. The van der Waals surface area contributed by atoms with Gasteiger partial charge in [-0.05, 0) is 26.0 Å². The van der Waals surface area contributed by atoms with E-state index in [1.54, 1.807) is 12.1 Å². The molecule has 16 heavy (non-hydrogen) atoms. The van der Waals surface area contributed by atoms with E-state index in [0.717, 1.165) is 5.75 Å². The monoisotopic (exact) mass is 348 g/mol. The van der Waals surface area contributed by atoms with E-state index in [-0.39, 0.29) is 16.7 Å². The van der Waals surface area contributed by atoms with E-state index in [4.69, 9.17) is 4.74 Å². The zero-order chi connectivity index (χ0) is 12.1. The molecule has 1 rings (SSSR count). The average molecular weight is 350 g/mol. The van der Waals surface area contributed by atoms with Gasteiger partial charge in [0.1, 0.15) is 5.75 Å². The van der Waals surface area contributed by atoms with Crippen molar-refractivity contribution in [1.82, 2.24) is 0 Å². The van der Waals surface area contributed by atoms with E-state index in [9.17, 15) is 4.79 Å². The fourth-order valence-electron chi connectivity index (χ4n) is 1.25. The van der Waals surface area contributed by atoms with Gasteiger partial charge < -0.3 is 4.74 Å². The van der Waals surface area contributed by atoms with Gasteiger partial charge in [-0.1, -0.05) is 44.0 Å². The molecule has 1 atom stereocenters. The van der Waals surface area contributed by atoms with Gasteiger partial charge in [0.25, 0.3) is 0 Å². The molecule has 2 nitrogen and oxygen atoms in total. The number of halogens is 2. The maximum Gasteiger partial charge on any atom is 0.177 e. The Hall–Kier alpha value is -0.350. The molecule has 0 spiro atoms. The lowest BCUT2D eigenvalue weighted by Gasteiger charge is -2.11. The molecule has 0 radical (unpaired) electrons. The second-order valence-electron chi connectivity index (χ2n) is 3.68. The summed E-state index contributed by atoms with van der Waals surface area (Å²) in [4.78, 5) is 11.7. The Labute approximate surface area is 113 Å². The largest absolute Gasteiger partial charge is 0.491 e. The maximum absolute atomic E-state index is 11.9. The number of carbonyl (C=O) groups excluding carboxylic acids is 1. The second-order valence-corrected chi connectivity index (χ2v) is 5.43. The van der Waals surface area contributed by atoms with Crippen molar-refractivity contribution in [2.24, 2.45) is 0 Å². The molecule has 4 heteroatoms.